The largest absolute Gasteiger partial charge is 0.341 e. The van der Waals surface area contributed by atoms with Gasteiger partial charge in [0.25, 0.3) is 0 Å². The Kier molecular flexibility index (Phi) is 4.17. The van der Waals surface area contributed by atoms with Crippen molar-refractivity contribution < 1.29 is 0 Å². The molecule has 0 aliphatic heterocycles. The van der Waals surface area contributed by atoms with E-state index in [9.17, 15) is 0 Å². The van der Waals surface area contributed by atoms with Gasteiger partial charge in [-0.2, -0.15) is 0 Å². The van der Waals surface area contributed by atoms with E-state index in [0.717, 1.165) is 27.3 Å². The number of hydrogen-bond acceptors (Lipinski definition) is 4. The molecular weight excluding hydrogens is 288 g/mol. The van der Waals surface area contributed by atoms with Gasteiger partial charge in [0.2, 0.25) is 0 Å². The number of thioether (sulfide) groups is 1. The highest BCUT2D eigenvalue weighted by atomic mass is 79.9. The highest BCUT2D eigenvalue weighted by Crippen LogP contribution is 2.25. The van der Waals surface area contributed by atoms with E-state index in [1.165, 1.54) is 6.42 Å². The van der Waals surface area contributed by atoms with Gasteiger partial charge in [0.15, 0.2) is 5.65 Å². The summed E-state index contributed by atoms with van der Waals surface area (Å²) in [6.07, 6.45) is 4.40. The van der Waals surface area contributed by atoms with E-state index in [1.807, 2.05) is 0 Å². The molecule has 16 heavy (non-hydrogen) atoms. The van der Waals surface area contributed by atoms with E-state index in [4.69, 9.17) is 0 Å². The number of hydrogen-bond donors (Lipinski definition) is 1. The second-order valence-corrected chi connectivity index (χ2v) is 5.18. The topological polar surface area (TPSA) is 54.5 Å². The number of halogens is 1. The third-order valence-electron chi connectivity index (χ3n) is 2.44. The minimum Gasteiger partial charge on any atom is -0.341 e. The lowest BCUT2D eigenvalue weighted by atomic mass is 10.2. The molecule has 0 bridgehead atoms. The van der Waals surface area contributed by atoms with Crippen molar-refractivity contribution >= 4 is 38.9 Å². The quantitative estimate of drug-likeness (QED) is 0.524. The predicted octanol–water partition coefficient (Wildman–Crippen LogP) is 2.87. The SMILES string of the molecule is CCC(CBr)CSc1ncnc2nc[nH]c12. The van der Waals surface area contributed by atoms with Crippen molar-refractivity contribution in [3.63, 3.8) is 0 Å². The average Bonchev–Trinajstić information content (AvgIpc) is 2.79. The van der Waals surface area contributed by atoms with Gasteiger partial charge in [-0.05, 0) is 5.92 Å². The molecule has 1 unspecified atom stereocenters. The number of imidazole rings is 1. The summed E-state index contributed by atoms with van der Waals surface area (Å²) in [7, 11) is 0. The van der Waals surface area contributed by atoms with E-state index in [-0.39, 0.29) is 0 Å². The van der Waals surface area contributed by atoms with Crippen LogP contribution in [0.2, 0.25) is 0 Å². The molecule has 0 radical (unpaired) electrons. The molecule has 0 aliphatic rings. The average molecular weight is 301 g/mol. The first-order valence-electron chi connectivity index (χ1n) is 5.18. The van der Waals surface area contributed by atoms with Crippen LogP contribution in [0.4, 0.5) is 0 Å². The lowest BCUT2D eigenvalue weighted by Crippen LogP contribution is -2.03. The minimum absolute atomic E-state index is 0.679. The van der Waals surface area contributed by atoms with Gasteiger partial charge in [0.1, 0.15) is 16.9 Å². The molecule has 2 aromatic heterocycles. The number of aromatic amines is 1. The second kappa shape index (κ2) is 5.63. The van der Waals surface area contributed by atoms with Gasteiger partial charge in [0, 0.05) is 11.1 Å². The van der Waals surface area contributed by atoms with Crippen LogP contribution in [-0.2, 0) is 0 Å². The van der Waals surface area contributed by atoms with Crippen molar-refractivity contribution in [1.29, 1.82) is 0 Å². The molecule has 2 rings (SSSR count). The second-order valence-electron chi connectivity index (χ2n) is 3.52. The van der Waals surface area contributed by atoms with Gasteiger partial charge in [-0.15, -0.1) is 11.8 Å². The van der Waals surface area contributed by atoms with E-state index in [2.05, 4.69) is 42.8 Å². The monoisotopic (exact) mass is 300 g/mol. The maximum absolute atomic E-state index is 4.28. The zero-order valence-electron chi connectivity index (χ0n) is 8.98. The normalized spacial score (nSPS) is 13.1. The number of alkyl halides is 1. The predicted molar refractivity (Wildman–Crippen MR) is 70.0 cm³/mol. The standard InChI is InChI=1S/C10H13BrN4S/c1-2-7(3-11)4-16-10-8-9(13-5-12-8)14-6-15-10/h5-7H,2-4H2,1H3,(H,12,13,14,15). The van der Waals surface area contributed by atoms with Crippen molar-refractivity contribution in [1.82, 2.24) is 19.9 Å². The van der Waals surface area contributed by atoms with E-state index < -0.39 is 0 Å². The van der Waals surface area contributed by atoms with Crippen LogP contribution in [0.25, 0.3) is 11.2 Å². The molecule has 0 saturated heterocycles. The van der Waals surface area contributed by atoms with Crippen LogP contribution in [0.3, 0.4) is 0 Å². The van der Waals surface area contributed by atoms with Crippen molar-refractivity contribution in [3.8, 4) is 0 Å². The molecule has 0 amide bonds. The maximum Gasteiger partial charge on any atom is 0.181 e. The molecule has 0 aromatic carbocycles. The molecule has 0 saturated carbocycles. The third-order valence-corrected chi connectivity index (χ3v) is 4.58. The van der Waals surface area contributed by atoms with Gasteiger partial charge in [-0.3, -0.25) is 0 Å². The van der Waals surface area contributed by atoms with Crippen LogP contribution < -0.4 is 0 Å². The summed E-state index contributed by atoms with van der Waals surface area (Å²) in [6, 6.07) is 0. The number of H-pyrrole nitrogens is 1. The first-order chi connectivity index (χ1) is 7.85. The van der Waals surface area contributed by atoms with Crippen LogP contribution in [0.1, 0.15) is 13.3 Å². The Morgan fingerprint density at radius 3 is 3.06 bits per heavy atom. The molecule has 4 nitrogen and oxygen atoms in total. The fourth-order valence-electron chi connectivity index (χ4n) is 1.32. The zero-order valence-corrected chi connectivity index (χ0v) is 11.4. The lowest BCUT2D eigenvalue weighted by molar-refractivity contribution is 0.652. The van der Waals surface area contributed by atoms with Crippen molar-refractivity contribution in [2.45, 2.75) is 18.4 Å². The van der Waals surface area contributed by atoms with Gasteiger partial charge >= 0.3 is 0 Å². The Labute approximate surface area is 107 Å². The zero-order chi connectivity index (χ0) is 11.4. The van der Waals surface area contributed by atoms with Crippen LogP contribution in [0.15, 0.2) is 17.7 Å². The maximum atomic E-state index is 4.28. The van der Waals surface area contributed by atoms with Crippen LogP contribution >= 0.6 is 27.7 Å². The molecule has 2 aromatic rings. The number of rotatable bonds is 5. The number of nitrogens with one attached hydrogen (secondary N) is 1. The molecule has 1 N–H and O–H groups in total. The highest BCUT2D eigenvalue weighted by molar-refractivity contribution is 9.09. The molecule has 6 heteroatoms. The summed E-state index contributed by atoms with van der Waals surface area (Å²) in [5, 5.41) is 2.02. The molecule has 2 heterocycles. The van der Waals surface area contributed by atoms with Gasteiger partial charge in [-0.1, -0.05) is 29.3 Å². The first kappa shape index (κ1) is 11.9. The Balaban J connectivity index is 2.11. The number of fused-ring (bicyclic) bond motifs is 1. The Hall–Kier alpha value is -0.620. The Morgan fingerprint density at radius 2 is 2.31 bits per heavy atom. The van der Waals surface area contributed by atoms with E-state index in [0.29, 0.717) is 5.92 Å². The number of aromatic nitrogens is 4. The molecule has 0 aliphatic carbocycles. The molecule has 0 fully saturated rings. The number of nitrogens with zero attached hydrogens (tertiary/aromatic N) is 3. The summed E-state index contributed by atoms with van der Waals surface area (Å²) < 4.78 is 0. The summed E-state index contributed by atoms with van der Waals surface area (Å²) >= 11 is 5.29. The Morgan fingerprint density at radius 1 is 1.44 bits per heavy atom. The fourth-order valence-corrected chi connectivity index (χ4v) is 3.47. The fraction of sp³-hybridized carbons (Fsp3) is 0.500. The third kappa shape index (κ3) is 2.55. The van der Waals surface area contributed by atoms with Gasteiger partial charge in [-0.25, -0.2) is 15.0 Å². The van der Waals surface area contributed by atoms with Crippen LogP contribution in [0.5, 0.6) is 0 Å². The summed E-state index contributed by atoms with van der Waals surface area (Å²) in [5.41, 5.74) is 1.68. The van der Waals surface area contributed by atoms with Crippen molar-refractivity contribution in [3.05, 3.63) is 12.7 Å². The summed E-state index contributed by atoms with van der Waals surface area (Å²) in [5.74, 6) is 1.74. The first-order valence-corrected chi connectivity index (χ1v) is 7.28. The van der Waals surface area contributed by atoms with Crippen molar-refractivity contribution in [2.75, 3.05) is 11.1 Å². The van der Waals surface area contributed by atoms with E-state index >= 15 is 0 Å². The van der Waals surface area contributed by atoms with Gasteiger partial charge in [0.05, 0.1) is 6.33 Å². The van der Waals surface area contributed by atoms with Crippen LogP contribution in [0, 0.1) is 5.92 Å². The molecule has 1 atom stereocenters. The van der Waals surface area contributed by atoms with Gasteiger partial charge < -0.3 is 4.98 Å². The Bertz CT molecular complexity index is 455. The summed E-state index contributed by atoms with van der Waals surface area (Å²) in [4.78, 5) is 15.6. The lowest BCUT2D eigenvalue weighted by Gasteiger charge is -2.09. The van der Waals surface area contributed by atoms with Crippen LogP contribution in [-0.4, -0.2) is 31.0 Å². The van der Waals surface area contributed by atoms with E-state index in [1.54, 1.807) is 24.4 Å². The molecule has 0 spiro atoms. The molecular formula is C10H13BrN4S. The minimum atomic E-state index is 0.679. The van der Waals surface area contributed by atoms with Crippen molar-refractivity contribution in [2.24, 2.45) is 5.92 Å². The smallest absolute Gasteiger partial charge is 0.181 e. The highest BCUT2D eigenvalue weighted by Gasteiger charge is 2.09. The molecule has 86 valence electrons. The summed E-state index contributed by atoms with van der Waals surface area (Å²) in [6.45, 7) is 2.21.